The van der Waals surface area contributed by atoms with Crippen LogP contribution in [0.4, 0.5) is 0 Å². The number of ether oxygens (including phenoxy) is 1. The second-order valence-electron chi connectivity index (χ2n) is 6.24. The summed E-state index contributed by atoms with van der Waals surface area (Å²) >= 11 is 1.38. The van der Waals surface area contributed by atoms with E-state index < -0.39 is 0 Å². The van der Waals surface area contributed by atoms with Gasteiger partial charge in [0, 0.05) is 23.7 Å². The van der Waals surface area contributed by atoms with Crippen LogP contribution in [-0.2, 0) is 6.54 Å². The van der Waals surface area contributed by atoms with Gasteiger partial charge in [0.15, 0.2) is 0 Å². The van der Waals surface area contributed by atoms with Gasteiger partial charge in [0.2, 0.25) is 0 Å². The normalized spacial score (nSPS) is 10.8. The van der Waals surface area contributed by atoms with Crippen molar-refractivity contribution >= 4 is 27.5 Å². The van der Waals surface area contributed by atoms with E-state index in [1.807, 2.05) is 36.4 Å². The van der Waals surface area contributed by atoms with E-state index in [2.05, 4.69) is 10.3 Å². The van der Waals surface area contributed by atoms with Crippen molar-refractivity contribution in [2.75, 3.05) is 7.11 Å². The molecule has 0 unspecified atom stereocenters. The number of thiophene rings is 1. The lowest BCUT2D eigenvalue weighted by Gasteiger charge is -2.08. The number of nitrogens with zero attached hydrogens (tertiary/aromatic N) is 1. The summed E-state index contributed by atoms with van der Waals surface area (Å²) in [7, 11) is 1.63. The highest BCUT2D eigenvalue weighted by atomic mass is 32.1. The van der Waals surface area contributed by atoms with Gasteiger partial charge < -0.3 is 15.2 Å². The summed E-state index contributed by atoms with van der Waals surface area (Å²) in [4.78, 5) is 18.8. The van der Waals surface area contributed by atoms with Crippen molar-refractivity contribution < 1.29 is 14.6 Å². The van der Waals surface area contributed by atoms with E-state index in [0.29, 0.717) is 11.4 Å². The van der Waals surface area contributed by atoms with Gasteiger partial charge in [-0.25, -0.2) is 4.98 Å². The molecule has 2 aromatic carbocycles. The van der Waals surface area contributed by atoms with E-state index in [1.54, 1.807) is 37.6 Å². The number of benzene rings is 2. The van der Waals surface area contributed by atoms with Crippen LogP contribution in [0.1, 0.15) is 15.2 Å². The number of amides is 1. The van der Waals surface area contributed by atoms with Crippen LogP contribution in [0.5, 0.6) is 11.5 Å². The molecule has 0 atom stereocenters. The molecule has 0 fully saturated rings. The standard InChI is InChI=1S/C22H18N2O3S/c1-27-17-10-6-15(7-11-17)19-18-3-2-12-23-22(18)28-20(19)21(26)24-13-14-4-8-16(25)9-5-14/h2-12,25H,13H2,1H3,(H,24,26). The molecule has 2 heterocycles. The maximum atomic E-state index is 13.0. The summed E-state index contributed by atoms with van der Waals surface area (Å²) in [5.41, 5.74) is 2.73. The first-order chi connectivity index (χ1) is 13.7. The van der Waals surface area contributed by atoms with Crippen LogP contribution in [0, 0.1) is 0 Å². The number of phenolic OH excluding ortho intramolecular Hbond substituents is 1. The molecule has 0 saturated heterocycles. The average molecular weight is 390 g/mol. The molecule has 0 aliphatic heterocycles. The molecule has 0 bridgehead atoms. The molecule has 6 heteroatoms. The molecular weight excluding hydrogens is 372 g/mol. The highest BCUT2D eigenvalue weighted by molar-refractivity contribution is 7.21. The molecule has 0 spiro atoms. The lowest BCUT2D eigenvalue weighted by atomic mass is 10.0. The van der Waals surface area contributed by atoms with Crippen molar-refractivity contribution in [1.29, 1.82) is 0 Å². The number of hydrogen-bond acceptors (Lipinski definition) is 5. The minimum atomic E-state index is -0.151. The third-order valence-corrected chi connectivity index (χ3v) is 5.55. The van der Waals surface area contributed by atoms with E-state index in [1.165, 1.54) is 11.3 Å². The number of fused-ring (bicyclic) bond motifs is 1. The summed E-state index contributed by atoms with van der Waals surface area (Å²) in [5, 5.41) is 13.3. The predicted octanol–water partition coefficient (Wildman–Crippen LogP) is 4.61. The van der Waals surface area contributed by atoms with E-state index in [4.69, 9.17) is 4.74 Å². The third-order valence-electron chi connectivity index (χ3n) is 4.44. The number of carbonyl (C=O) groups excluding carboxylic acids is 1. The Morgan fingerprint density at radius 2 is 1.86 bits per heavy atom. The number of methoxy groups -OCH3 is 1. The van der Waals surface area contributed by atoms with Crippen LogP contribution >= 0.6 is 11.3 Å². The van der Waals surface area contributed by atoms with Crippen LogP contribution < -0.4 is 10.1 Å². The van der Waals surface area contributed by atoms with Gasteiger partial charge in [-0.05, 0) is 47.5 Å². The Morgan fingerprint density at radius 1 is 1.11 bits per heavy atom. The van der Waals surface area contributed by atoms with Crippen LogP contribution in [0.2, 0.25) is 0 Å². The lowest BCUT2D eigenvalue weighted by molar-refractivity contribution is 0.0955. The predicted molar refractivity (Wildman–Crippen MR) is 111 cm³/mol. The number of rotatable bonds is 5. The molecule has 2 N–H and O–H groups in total. The van der Waals surface area contributed by atoms with E-state index >= 15 is 0 Å². The maximum absolute atomic E-state index is 13.0. The zero-order chi connectivity index (χ0) is 19.5. The third kappa shape index (κ3) is 3.54. The summed E-state index contributed by atoms with van der Waals surface area (Å²) < 4.78 is 5.24. The van der Waals surface area contributed by atoms with Crippen molar-refractivity contribution in [2.24, 2.45) is 0 Å². The first-order valence-electron chi connectivity index (χ1n) is 8.74. The average Bonchev–Trinajstić information content (AvgIpc) is 3.13. The van der Waals surface area contributed by atoms with Crippen LogP contribution in [0.15, 0.2) is 66.9 Å². The zero-order valence-corrected chi connectivity index (χ0v) is 16.0. The molecule has 4 rings (SSSR count). The summed E-state index contributed by atoms with van der Waals surface area (Å²) in [6.07, 6.45) is 1.73. The Hall–Kier alpha value is -3.38. The Kier molecular flexibility index (Phi) is 4.95. The van der Waals surface area contributed by atoms with Crippen molar-refractivity contribution in [3.05, 3.63) is 77.3 Å². The zero-order valence-electron chi connectivity index (χ0n) is 15.2. The first-order valence-corrected chi connectivity index (χ1v) is 9.55. The molecule has 0 saturated carbocycles. The van der Waals surface area contributed by atoms with Gasteiger partial charge in [-0.15, -0.1) is 11.3 Å². The quantitative estimate of drug-likeness (QED) is 0.522. The second kappa shape index (κ2) is 7.70. The first kappa shape index (κ1) is 18.0. The van der Waals surface area contributed by atoms with Crippen molar-refractivity contribution in [1.82, 2.24) is 10.3 Å². The van der Waals surface area contributed by atoms with Gasteiger partial charge in [-0.1, -0.05) is 24.3 Å². The number of aromatic nitrogens is 1. The lowest BCUT2D eigenvalue weighted by Crippen LogP contribution is -2.22. The van der Waals surface area contributed by atoms with Crippen molar-refractivity contribution in [3.8, 4) is 22.6 Å². The van der Waals surface area contributed by atoms with Gasteiger partial charge in [0.05, 0.1) is 7.11 Å². The highest BCUT2D eigenvalue weighted by Crippen LogP contribution is 2.38. The smallest absolute Gasteiger partial charge is 0.262 e. The topological polar surface area (TPSA) is 71.5 Å². The monoisotopic (exact) mass is 390 g/mol. The molecule has 4 aromatic rings. The molecule has 0 aliphatic carbocycles. The molecule has 2 aromatic heterocycles. The minimum Gasteiger partial charge on any atom is -0.508 e. The fourth-order valence-corrected chi connectivity index (χ4v) is 4.09. The molecule has 140 valence electrons. The Balaban J connectivity index is 1.69. The molecule has 1 amide bonds. The molecule has 28 heavy (non-hydrogen) atoms. The summed E-state index contributed by atoms with van der Waals surface area (Å²) in [6, 6.07) is 18.3. The number of hydrogen-bond donors (Lipinski definition) is 2. The minimum absolute atomic E-state index is 0.151. The SMILES string of the molecule is COc1ccc(-c2c(C(=O)NCc3ccc(O)cc3)sc3ncccc23)cc1. The van der Waals surface area contributed by atoms with Gasteiger partial charge in [0.25, 0.3) is 5.91 Å². The van der Waals surface area contributed by atoms with Crippen LogP contribution in [0.25, 0.3) is 21.3 Å². The number of phenols is 1. The number of nitrogens with one attached hydrogen (secondary N) is 1. The largest absolute Gasteiger partial charge is 0.508 e. The molecule has 5 nitrogen and oxygen atoms in total. The fraction of sp³-hybridized carbons (Fsp3) is 0.0909. The molecular formula is C22H18N2O3S. The van der Waals surface area contributed by atoms with Gasteiger partial charge in [-0.2, -0.15) is 0 Å². The number of aromatic hydroxyl groups is 1. The Bertz CT molecular complexity index is 1120. The number of carbonyl (C=O) groups is 1. The summed E-state index contributed by atoms with van der Waals surface area (Å²) in [5.74, 6) is 0.814. The van der Waals surface area contributed by atoms with Gasteiger partial charge >= 0.3 is 0 Å². The highest BCUT2D eigenvalue weighted by Gasteiger charge is 2.20. The van der Waals surface area contributed by atoms with Crippen molar-refractivity contribution in [2.45, 2.75) is 6.54 Å². The van der Waals surface area contributed by atoms with Crippen LogP contribution in [0.3, 0.4) is 0 Å². The summed E-state index contributed by atoms with van der Waals surface area (Å²) in [6.45, 7) is 0.378. The fourth-order valence-electron chi connectivity index (χ4n) is 3.01. The van der Waals surface area contributed by atoms with E-state index in [-0.39, 0.29) is 11.7 Å². The van der Waals surface area contributed by atoms with Crippen LogP contribution in [-0.4, -0.2) is 23.1 Å². The van der Waals surface area contributed by atoms with E-state index in [0.717, 1.165) is 32.7 Å². The molecule has 0 radical (unpaired) electrons. The second-order valence-corrected chi connectivity index (χ2v) is 7.24. The molecule has 0 aliphatic rings. The van der Waals surface area contributed by atoms with Gasteiger partial charge in [-0.3, -0.25) is 4.79 Å². The van der Waals surface area contributed by atoms with E-state index in [9.17, 15) is 9.90 Å². The Morgan fingerprint density at radius 3 is 2.57 bits per heavy atom. The van der Waals surface area contributed by atoms with Gasteiger partial charge in [0.1, 0.15) is 21.2 Å². The number of pyridine rings is 1. The maximum Gasteiger partial charge on any atom is 0.262 e. The van der Waals surface area contributed by atoms with Crippen molar-refractivity contribution in [3.63, 3.8) is 0 Å². The Labute approximate surface area is 166 Å².